The lowest BCUT2D eigenvalue weighted by molar-refractivity contribution is 0.831. The molecular formula is C5H9IS. The average Bonchev–Trinajstić information content (AvgIpc) is 1.87. The van der Waals surface area contributed by atoms with Gasteiger partial charge in [-0.3, -0.25) is 0 Å². The van der Waals surface area contributed by atoms with Crippen LogP contribution in [0.4, 0.5) is 0 Å². The molecule has 1 rings (SSSR count). The first-order valence-electron chi connectivity index (χ1n) is 2.58. The summed E-state index contributed by atoms with van der Waals surface area (Å²) >= 11 is 4.62. The fraction of sp³-hybridized carbons (Fsp3) is 1.00. The van der Waals surface area contributed by atoms with E-state index in [1.165, 1.54) is 12.8 Å². The van der Waals surface area contributed by atoms with E-state index in [9.17, 15) is 0 Å². The minimum Gasteiger partial charge on any atom is -0.145 e. The van der Waals surface area contributed by atoms with Gasteiger partial charge in [-0.25, -0.2) is 0 Å². The minimum absolute atomic E-state index is 0.910. The smallest absolute Gasteiger partial charge is 0.0567 e. The van der Waals surface area contributed by atoms with Gasteiger partial charge in [-0.05, 0) is 12.8 Å². The quantitative estimate of drug-likeness (QED) is 0.453. The van der Waals surface area contributed by atoms with Gasteiger partial charge >= 0.3 is 0 Å². The first kappa shape index (κ1) is 6.20. The van der Waals surface area contributed by atoms with Crippen molar-refractivity contribution in [3.05, 3.63) is 0 Å². The second kappa shape index (κ2) is 2.58. The van der Waals surface area contributed by atoms with Gasteiger partial charge in [0.1, 0.15) is 0 Å². The average molecular weight is 228 g/mol. The standard InChI is InChI=1S/C5H9IS/c1-4-2-3-5(6)7-4/h4-5H,2-3H2,1H3. The Morgan fingerprint density at radius 1 is 1.57 bits per heavy atom. The van der Waals surface area contributed by atoms with Crippen molar-refractivity contribution < 1.29 is 0 Å². The SMILES string of the molecule is CC1CCC(I)S1. The molecule has 2 atom stereocenters. The number of thioether (sulfide) groups is 1. The zero-order valence-corrected chi connectivity index (χ0v) is 7.33. The van der Waals surface area contributed by atoms with Crippen LogP contribution in [0.5, 0.6) is 0 Å². The van der Waals surface area contributed by atoms with Gasteiger partial charge in [-0.15, -0.1) is 11.8 Å². The Hall–Kier alpha value is 1.08. The Balaban J connectivity index is 2.26. The van der Waals surface area contributed by atoms with Crippen LogP contribution in [-0.4, -0.2) is 8.51 Å². The van der Waals surface area contributed by atoms with E-state index in [0.29, 0.717) is 0 Å². The van der Waals surface area contributed by atoms with Crippen LogP contribution in [0, 0.1) is 0 Å². The summed E-state index contributed by atoms with van der Waals surface area (Å²) in [6.45, 7) is 2.31. The molecule has 0 N–H and O–H groups in total. The predicted octanol–water partition coefficient (Wildman–Crippen LogP) is 2.66. The summed E-state index contributed by atoms with van der Waals surface area (Å²) in [6.07, 6.45) is 2.85. The first-order valence-corrected chi connectivity index (χ1v) is 4.77. The van der Waals surface area contributed by atoms with Crippen LogP contribution < -0.4 is 0 Å². The van der Waals surface area contributed by atoms with Crippen molar-refractivity contribution in [3.8, 4) is 0 Å². The highest BCUT2D eigenvalue weighted by Crippen LogP contribution is 2.36. The van der Waals surface area contributed by atoms with Crippen LogP contribution in [0.25, 0.3) is 0 Å². The van der Waals surface area contributed by atoms with Crippen molar-refractivity contribution in [2.45, 2.75) is 28.3 Å². The molecule has 1 fully saturated rings. The molecule has 2 heteroatoms. The second-order valence-corrected chi connectivity index (χ2v) is 5.93. The lowest BCUT2D eigenvalue weighted by Crippen LogP contribution is -1.82. The molecule has 0 aliphatic carbocycles. The van der Waals surface area contributed by atoms with E-state index in [2.05, 4.69) is 41.3 Å². The van der Waals surface area contributed by atoms with E-state index in [-0.39, 0.29) is 0 Å². The summed E-state index contributed by atoms with van der Waals surface area (Å²) in [5.74, 6) is 0. The highest BCUT2D eigenvalue weighted by molar-refractivity contribution is 14.1. The number of halogens is 1. The maximum Gasteiger partial charge on any atom is 0.0567 e. The Bertz CT molecular complexity index is 57.1. The molecule has 0 aromatic carbocycles. The molecule has 0 spiro atoms. The zero-order chi connectivity index (χ0) is 5.28. The van der Waals surface area contributed by atoms with Crippen LogP contribution in [0.1, 0.15) is 19.8 Å². The molecule has 0 saturated carbocycles. The van der Waals surface area contributed by atoms with Crippen LogP contribution in [-0.2, 0) is 0 Å². The van der Waals surface area contributed by atoms with Gasteiger partial charge in [-0.1, -0.05) is 29.5 Å². The van der Waals surface area contributed by atoms with Gasteiger partial charge in [0, 0.05) is 5.25 Å². The molecule has 1 aliphatic rings. The van der Waals surface area contributed by atoms with Gasteiger partial charge in [0.15, 0.2) is 0 Å². The van der Waals surface area contributed by atoms with Crippen molar-refractivity contribution >= 4 is 34.4 Å². The molecule has 0 aromatic heterocycles. The number of hydrogen-bond acceptors (Lipinski definition) is 1. The molecule has 0 nitrogen and oxygen atoms in total. The van der Waals surface area contributed by atoms with Crippen molar-refractivity contribution in [1.29, 1.82) is 0 Å². The van der Waals surface area contributed by atoms with Gasteiger partial charge in [0.05, 0.1) is 3.26 Å². The van der Waals surface area contributed by atoms with Crippen LogP contribution in [0.2, 0.25) is 0 Å². The molecule has 0 bridgehead atoms. The van der Waals surface area contributed by atoms with E-state index in [4.69, 9.17) is 0 Å². The Kier molecular flexibility index (Phi) is 2.28. The van der Waals surface area contributed by atoms with Crippen molar-refractivity contribution in [2.24, 2.45) is 0 Å². The molecular weight excluding hydrogens is 219 g/mol. The van der Waals surface area contributed by atoms with Crippen LogP contribution >= 0.6 is 34.4 Å². The van der Waals surface area contributed by atoms with E-state index in [1.54, 1.807) is 0 Å². The first-order chi connectivity index (χ1) is 3.29. The van der Waals surface area contributed by atoms with Crippen LogP contribution in [0.3, 0.4) is 0 Å². The molecule has 7 heavy (non-hydrogen) atoms. The topological polar surface area (TPSA) is 0 Å². The highest BCUT2D eigenvalue weighted by atomic mass is 127. The predicted molar refractivity (Wildman–Crippen MR) is 44.1 cm³/mol. The van der Waals surface area contributed by atoms with E-state index >= 15 is 0 Å². The maximum absolute atomic E-state index is 2.51. The Morgan fingerprint density at radius 2 is 2.29 bits per heavy atom. The second-order valence-electron chi connectivity index (χ2n) is 1.93. The molecule has 2 unspecified atom stereocenters. The zero-order valence-electron chi connectivity index (χ0n) is 4.36. The molecule has 0 radical (unpaired) electrons. The molecule has 1 saturated heterocycles. The van der Waals surface area contributed by atoms with Gasteiger partial charge in [-0.2, -0.15) is 0 Å². The highest BCUT2D eigenvalue weighted by Gasteiger charge is 2.17. The molecule has 1 heterocycles. The summed E-state index contributed by atoms with van der Waals surface area (Å²) < 4.78 is 0.910. The molecule has 0 amide bonds. The summed E-state index contributed by atoms with van der Waals surface area (Å²) in [7, 11) is 0. The molecule has 42 valence electrons. The van der Waals surface area contributed by atoms with E-state index in [1.807, 2.05) is 0 Å². The van der Waals surface area contributed by atoms with Crippen LogP contribution in [0.15, 0.2) is 0 Å². The van der Waals surface area contributed by atoms with E-state index in [0.717, 1.165) is 8.51 Å². The maximum atomic E-state index is 2.51. The minimum atomic E-state index is 0.910. The summed E-state index contributed by atoms with van der Waals surface area (Å²) in [5.41, 5.74) is 0. The van der Waals surface area contributed by atoms with Crippen molar-refractivity contribution in [1.82, 2.24) is 0 Å². The Morgan fingerprint density at radius 3 is 2.43 bits per heavy atom. The molecule has 0 aromatic rings. The van der Waals surface area contributed by atoms with Gasteiger partial charge in [0.2, 0.25) is 0 Å². The van der Waals surface area contributed by atoms with Crippen molar-refractivity contribution in [2.75, 3.05) is 0 Å². The Labute approximate surface area is 62.6 Å². The summed E-state index contributed by atoms with van der Waals surface area (Å²) in [4.78, 5) is 0. The lowest BCUT2D eigenvalue weighted by Gasteiger charge is -1.95. The van der Waals surface area contributed by atoms with E-state index < -0.39 is 0 Å². The number of rotatable bonds is 0. The number of alkyl halides is 1. The summed E-state index contributed by atoms with van der Waals surface area (Å²) in [5, 5.41) is 0.932. The fourth-order valence-electron chi connectivity index (χ4n) is 0.754. The summed E-state index contributed by atoms with van der Waals surface area (Å²) in [6, 6.07) is 0. The lowest BCUT2D eigenvalue weighted by atomic mass is 10.3. The normalized spacial score (nSPS) is 42.0. The molecule has 1 aliphatic heterocycles. The monoisotopic (exact) mass is 228 g/mol. The fourth-order valence-corrected chi connectivity index (χ4v) is 3.67. The third-order valence-electron chi connectivity index (χ3n) is 1.18. The third-order valence-corrected chi connectivity index (χ3v) is 3.92. The van der Waals surface area contributed by atoms with Gasteiger partial charge in [0.25, 0.3) is 0 Å². The van der Waals surface area contributed by atoms with Crippen molar-refractivity contribution in [3.63, 3.8) is 0 Å². The van der Waals surface area contributed by atoms with Gasteiger partial charge < -0.3 is 0 Å². The third kappa shape index (κ3) is 1.80. The largest absolute Gasteiger partial charge is 0.145 e. The number of hydrogen-bond donors (Lipinski definition) is 0.